The molecular formula is C106H111Cl2N11O12. The number of amides is 3. The van der Waals surface area contributed by atoms with Crippen LogP contribution in [0.25, 0.3) is 22.3 Å². The summed E-state index contributed by atoms with van der Waals surface area (Å²) < 4.78 is 32.1. The molecule has 1 atom stereocenters. The summed E-state index contributed by atoms with van der Waals surface area (Å²) in [6, 6.07) is 67.5. The minimum atomic E-state index is -1.96. The minimum absolute atomic E-state index is 0.0292. The molecule has 2 aliphatic carbocycles. The van der Waals surface area contributed by atoms with E-state index in [-0.39, 0.29) is 106 Å². The maximum absolute atomic E-state index is 15.6. The smallest absolute Gasteiger partial charge is 0.343 e. The van der Waals surface area contributed by atoms with Crippen LogP contribution in [0.3, 0.4) is 0 Å². The van der Waals surface area contributed by atoms with Crippen molar-refractivity contribution < 1.29 is 52.8 Å². The number of halogens is 2. The molecule has 0 bridgehead atoms. The van der Waals surface area contributed by atoms with Gasteiger partial charge in [0, 0.05) is 129 Å². The van der Waals surface area contributed by atoms with Gasteiger partial charge in [-0.15, -0.1) is 0 Å². The maximum Gasteiger partial charge on any atom is 0.343 e. The first-order chi connectivity index (χ1) is 63.9. The summed E-state index contributed by atoms with van der Waals surface area (Å²) in [7, 11) is 0. The van der Waals surface area contributed by atoms with E-state index in [4.69, 9.17) is 71.8 Å². The third-order valence-corrected chi connectivity index (χ3v) is 26.4. The van der Waals surface area contributed by atoms with Gasteiger partial charge in [0.1, 0.15) is 18.1 Å². The number of hydrogen-bond acceptors (Lipinski definition) is 19. The molecule has 676 valence electrons. The van der Waals surface area contributed by atoms with E-state index in [9.17, 15) is 24.3 Å². The molecule has 23 nitrogen and oxygen atoms in total. The van der Waals surface area contributed by atoms with Gasteiger partial charge in [0.25, 0.3) is 11.5 Å². The highest BCUT2D eigenvalue weighted by atomic mass is 35.5. The van der Waals surface area contributed by atoms with E-state index in [1.54, 1.807) is 66.1 Å². The Hall–Kier alpha value is -12.2. The zero-order valence-corrected chi connectivity index (χ0v) is 75.8. The van der Waals surface area contributed by atoms with Crippen molar-refractivity contribution in [1.29, 1.82) is 0 Å². The number of unbranched alkanes of at least 4 members (excludes halogenated alkanes) is 1. The Morgan fingerprint density at radius 2 is 1.05 bits per heavy atom. The number of cyclic esters (lactones) is 1. The van der Waals surface area contributed by atoms with Crippen molar-refractivity contribution in [2.75, 3.05) is 52.7 Å². The van der Waals surface area contributed by atoms with Gasteiger partial charge in [-0.05, 0) is 224 Å². The fourth-order valence-electron chi connectivity index (χ4n) is 19.1. The average molecular weight is 1800 g/mol. The molecule has 6 aromatic carbocycles. The van der Waals surface area contributed by atoms with Gasteiger partial charge in [-0.2, -0.15) is 0 Å². The van der Waals surface area contributed by atoms with E-state index in [2.05, 4.69) is 57.6 Å². The Kier molecular flexibility index (Phi) is 30.4. The highest BCUT2D eigenvalue weighted by Crippen LogP contribution is 2.46. The van der Waals surface area contributed by atoms with Crippen LogP contribution in [0, 0.1) is 0 Å². The first kappa shape index (κ1) is 92.1. The average Bonchev–Trinajstić information content (AvgIpc) is 1.57. The van der Waals surface area contributed by atoms with E-state index in [1.807, 2.05) is 157 Å². The molecule has 3 amide bonds. The topological polar surface area (TPSA) is 263 Å². The van der Waals surface area contributed by atoms with E-state index in [1.165, 1.54) is 0 Å². The number of carbonyl (C=O) groups is 5. The second-order valence-corrected chi connectivity index (χ2v) is 35.6. The number of pyridine rings is 6. The van der Waals surface area contributed by atoms with Crippen molar-refractivity contribution in [3.05, 3.63) is 347 Å². The zero-order chi connectivity index (χ0) is 90.7. The van der Waals surface area contributed by atoms with E-state index >= 15 is 9.59 Å². The molecule has 0 radical (unpaired) electrons. The summed E-state index contributed by atoms with van der Waals surface area (Å²) in [4.78, 5) is 119. The summed E-state index contributed by atoms with van der Waals surface area (Å²) in [6.45, 7) is 10.1. The largest absolute Gasteiger partial charge is 0.494 e. The second kappa shape index (κ2) is 43.2. The molecule has 12 aromatic rings. The van der Waals surface area contributed by atoms with E-state index in [0.29, 0.717) is 135 Å². The lowest BCUT2D eigenvalue weighted by molar-refractivity contribution is -0.172. The van der Waals surface area contributed by atoms with Crippen LogP contribution in [-0.4, -0.2) is 137 Å². The summed E-state index contributed by atoms with van der Waals surface area (Å²) in [6.07, 6.45) is 17.7. The molecule has 4 aliphatic rings. The number of hydrogen-bond donors (Lipinski definition) is 2. The molecule has 0 spiro atoms. The van der Waals surface area contributed by atoms with Crippen LogP contribution >= 0.6 is 23.2 Å². The number of rotatable bonds is 40. The lowest BCUT2D eigenvalue weighted by Gasteiger charge is -2.40. The van der Waals surface area contributed by atoms with Crippen molar-refractivity contribution in [2.45, 2.75) is 186 Å². The fraction of sp³-hybridized carbons (Fsp3) is 0.349. The van der Waals surface area contributed by atoms with Crippen molar-refractivity contribution in [2.24, 2.45) is 0 Å². The molecule has 6 aromatic heterocycles. The number of aliphatic hydroxyl groups is 1. The maximum atomic E-state index is 15.6. The Morgan fingerprint density at radius 3 is 1.60 bits per heavy atom. The number of esters is 2. The molecule has 2 N–H and O–H groups in total. The highest BCUT2D eigenvalue weighted by molar-refractivity contribution is 6.31. The normalized spacial score (nSPS) is 15.4. The van der Waals surface area contributed by atoms with Crippen LogP contribution in [0.1, 0.15) is 196 Å². The quantitative estimate of drug-likeness (QED) is 0.0205. The van der Waals surface area contributed by atoms with E-state index < -0.39 is 28.4 Å². The van der Waals surface area contributed by atoms with Crippen LogP contribution in [-0.2, 0) is 117 Å². The van der Waals surface area contributed by atoms with Crippen molar-refractivity contribution in [3.8, 4) is 22.9 Å². The first-order valence-electron chi connectivity index (χ1n) is 45.8. The Labute approximate surface area is 774 Å². The van der Waals surface area contributed by atoms with Gasteiger partial charge in [-0.25, -0.2) is 14.6 Å². The number of fused-ring (bicyclic) bond motifs is 5. The van der Waals surface area contributed by atoms with Gasteiger partial charge < -0.3 is 48.5 Å². The first-order valence-corrected chi connectivity index (χ1v) is 46.5. The Balaban J connectivity index is 0.544. The summed E-state index contributed by atoms with van der Waals surface area (Å²) >= 11 is 13.0. The second-order valence-electron chi connectivity index (χ2n) is 34.7. The highest BCUT2D eigenvalue weighted by Gasteiger charge is 2.48. The summed E-state index contributed by atoms with van der Waals surface area (Å²) in [5.41, 5.74) is 10.3. The Bertz CT molecular complexity index is 5840. The fourth-order valence-corrected chi connectivity index (χ4v) is 19.4. The monoisotopic (exact) mass is 1800 g/mol. The summed E-state index contributed by atoms with van der Waals surface area (Å²) in [5, 5.41) is 16.4. The third kappa shape index (κ3) is 22.2. The molecule has 0 saturated heterocycles. The lowest BCUT2D eigenvalue weighted by Crippen LogP contribution is -2.48. The van der Waals surface area contributed by atoms with Gasteiger partial charge >= 0.3 is 11.9 Å². The number of nitrogens with zero attached hydrogens (tertiary/aromatic N) is 10. The zero-order valence-electron chi connectivity index (χ0n) is 74.3. The molecular weight excluding hydrogens is 1690 g/mol. The van der Waals surface area contributed by atoms with Gasteiger partial charge in [0.2, 0.25) is 11.8 Å². The molecule has 16 rings (SSSR count). The standard InChI is InChI=1S/C106H111Cl2N11O12/c1-3-90-91-62-88(40-41-95(91)114-97-92(90)72-119-96(97)63-94-93(99(119)121)73-130-103(125)106(94,126)4-2)131-100(122)79-23-21-22-75(59-79)67-118(102(124)105(44-13-6-14-45-105)81-34-38-83(108)39-35-81)52-55-128-57-56-127-54-50-113-98(120)78-30-28-74(29-31-78)66-117(101(123)104(42-11-5-12-43-104)80-32-36-82(107)37-33-80)51-19-20-53-129-89-60-76(64-115(68-84-24-7-15-46-109-84)69-85-25-8-16-47-110-85)58-77(61-89)65-116(70-86-26-9-17-48-111-86)71-87-27-10-18-49-112-87/h7-10,15-18,21-41,46-49,58-63,126H,3-6,11-14,19-20,42-45,50-57,64-73H2,1-2H3,(H,113,120)/t106-/m0/s1. The van der Waals surface area contributed by atoms with Crippen molar-refractivity contribution in [1.82, 2.24) is 54.4 Å². The van der Waals surface area contributed by atoms with Crippen LogP contribution in [0.4, 0.5) is 0 Å². The Morgan fingerprint density at radius 1 is 0.504 bits per heavy atom. The van der Waals surface area contributed by atoms with Gasteiger partial charge in [-0.3, -0.25) is 48.9 Å². The summed E-state index contributed by atoms with van der Waals surface area (Å²) in [5.74, 6) is -0.558. The van der Waals surface area contributed by atoms with Crippen LogP contribution in [0.15, 0.2) is 242 Å². The van der Waals surface area contributed by atoms with E-state index in [0.717, 1.165) is 124 Å². The lowest BCUT2D eigenvalue weighted by atomic mass is 9.68. The predicted molar refractivity (Wildman–Crippen MR) is 503 cm³/mol. The van der Waals surface area contributed by atoms with Crippen molar-refractivity contribution >= 4 is 63.8 Å². The number of ether oxygens (including phenoxy) is 5. The van der Waals surface area contributed by atoms with Gasteiger partial charge in [0.15, 0.2) is 5.60 Å². The molecule has 25 heteroatoms. The third-order valence-electron chi connectivity index (χ3n) is 25.9. The van der Waals surface area contributed by atoms with Gasteiger partial charge in [-0.1, -0.05) is 154 Å². The molecule has 8 heterocycles. The number of benzene rings is 6. The molecule has 131 heavy (non-hydrogen) atoms. The molecule has 2 aliphatic heterocycles. The SMILES string of the molecule is CCc1c2c(nc3ccc(OC(=O)c4cccc(CN(CCOCCOCCNC(=O)c5ccc(CN(CCCCOc6cc(CN(Cc7ccccn7)Cc7ccccn7)cc(CN(Cc7ccccn7)Cc7ccccn7)c6)C(=O)C6(c7ccc(Cl)cc7)CCCCC6)cc5)C(=O)C5(c6ccc(Cl)cc6)CCCCC5)c4)cc13)-c1cc3c(c(=O)n1C2)COC(=O)[C@]3(O)CC. The number of nitrogens with one attached hydrogen (secondary N) is 1. The number of carbonyl (C=O) groups excluding carboxylic acids is 5. The van der Waals surface area contributed by atoms with Crippen LogP contribution < -0.4 is 20.3 Å². The molecule has 2 saturated carbocycles. The molecule has 0 unspecified atom stereocenters. The van der Waals surface area contributed by atoms with Crippen LogP contribution in [0.2, 0.25) is 10.0 Å². The van der Waals surface area contributed by atoms with Gasteiger partial charge in [0.05, 0.1) is 101 Å². The minimum Gasteiger partial charge on any atom is -0.494 e. The number of aromatic nitrogens is 6. The van der Waals surface area contributed by atoms with Crippen LogP contribution in [0.5, 0.6) is 11.5 Å². The predicted octanol–water partition coefficient (Wildman–Crippen LogP) is 17.9. The number of aryl methyl sites for hydroxylation is 1. The molecule has 2 fully saturated rings. The van der Waals surface area contributed by atoms with Crippen molar-refractivity contribution in [3.63, 3.8) is 0 Å².